The molecule has 1 aliphatic rings. The molecule has 1 rings (SSSR count). The molecule has 0 unspecified atom stereocenters. The Labute approximate surface area is 137 Å². The Kier molecular flexibility index (Phi) is 12.8. The zero-order chi connectivity index (χ0) is 16.6. The Morgan fingerprint density at radius 2 is 1.09 bits per heavy atom. The zero-order valence-electron chi connectivity index (χ0n) is 14.0. The Morgan fingerprint density at radius 1 is 0.739 bits per heavy atom. The van der Waals surface area contributed by atoms with Gasteiger partial charge in [-0.25, -0.2) is 4.79 Å². The van der Waals surface area contributed by atoms with Crippen molar-refractivity contribution in [3.05, 3.63) is 0 Å². The van der Waals surface area contributed by atoms with E-state index >= 15 is 0 Å². The quantitative estimate of drug-likeness (QED) is 0.692. The van der Waals surface area contributed by atoms with E-state index in [2.05, 4.69) is 0 Å². The molecule has 8 nitrogen and oxygen atoms in total. The van der Waals surface area contributed by atoms with Crippen molar-refractivity contribution in [3.63, 3.8) is 0 Å². The highest BCUT2D eigenvalue weighted by atomic mass is 16.6. The first-order valence-corrected chi connectivity index (χ1v) is 8.15. The van der Waals surface area contributed by atoms with Gasteiger partial charge in [-0.3, -0.25) is 0 Å². The molecular formula is C15H29NO7. The topological polar surface area (TPSA) is 75.7 Å². The summed E-state index contributed by atoms with van der Waals surface area (Å²) in [6.07, 6.45) is -0.348. The van der Waals surface area contributed by atoms with Crippen molar-refractivity contribution in [2.24, 2.45) is 0 Å². The van der Waals surface area contributed by atoms with Gasteiger partial charge in [0, 0.05) is 13.1 Å². The minimum atomic E-state index is -0.348. The van der Waals surface area contributed by atoms with Crippen LogP contribution in [-0.2, 0) is 28.4 Å². The molecule has 1 saturated heterocycles. The number of amides is 1. The lowest BCUT2D eigenvalue weighted by molar-refractivity contribution is -0.0183. The molecule has 0 aromatic rings. The fourth-order valence-electron chi connectivity index (χ4n) is 1.84. The molecule has 0 spiro atoms. The van der Waals surface area contributed by atoms with Crippen LogP contribution in [0.1, 0.15) is 6.92 Å². The third kappa shape index (κ3) is 11.3. The molecule has 0 radical (unpaired) electrons. The van der Waals surface area contributed by atoms with E-state index in [9.17, 15) is 4.79 Å². The van der Waals surface area contributed by atoms with Crippen molar-refractivity contribution in [2.45, 2.75) is 6.92 Å². The van der Waals surface area contributed by atoms with Gasteiger partial charge >= 0.3 is 6.09 Å². The highest BCUT2D eigenvalue weighted by Crippen LogP contribution is 1.96. The third-order valence-electron chi connectivity index (χ3n) is 3.03. The summed E-state index contributed by atoms with van der Waals surface area (Å²) in [5, 5.41) is 0. The van der Waals surface area contributed by atoms with E-state index in [0.717, 1.165) is 0 Å². The number of hydrogen-bond acceptors (Lipinski definition) is 7. The SMILES string of the molecule is CCOC(=O)N1CCOCCOCCOCCOCCOCC1. The lowest BCUT2D eigenvalue weighted by atomic mass is 10.5. The summed E-state index contributed by atoms with van der Waals surface area (Å²) >= 11 is 0. The number of carbonyl (C=O) groups is 1. The molecule has 0 atom stereocenters. The summed E-state index contributed by atoms with van der Waals surface area (Å²) in [7, 11) is 0. The van der Waals surface area contributed by atoms with Crippen LogP contribution in [0.4, 0.5) is 4.79 Å². The lowest BCUT2D eigenvalue weighted by Gasteiger charge is -2.21. The van der Waals surface area contributed by atoms with E-state index in [1.165, 1.54) is 0 Å². The van der Waals surface area contributed by atoms with Crippen molar-refractivity contribution in [1.82, 2.24) is 4.90 Å². The highest BCUT2D eigenvalue weighted by molar-refractivity contribution is 5.67. The molecule has 8 heteroatoms. The minimum Gasteiger partial charge on any atom is -0.450 e. The monoisotopic (exact) mass is 335 g/mol. The average Bonchev–Trinajstić information content (AvgIpc) is 2.55. The smallest absolute Gasteiger partial charge is 0.409 e. The third-order valence-corrected chi connectivity index (χ3v) is 3.03. The first-order chi connectivity index (χ1) is 11.3. The standard InChI is InChI=1S/C15H29NO7/c1-2-23-15(17)16-3-5-18-7-9-20-11-13-22-14-12-21-10-8-19-6-4-16/h2-14H2,1H3. The van der Waals surface area contributed by atoms with E-state index < -0.39 is 0 Å². The summed E-state index contributed by atoms with van der Waals surface area (Å²) in [6, 6.07) is 0. The molecule has 1 heterocycles. The molecule has 1 amide bonds. The summed E-state index contributed by atoms with van der Waals surface area (Å²) in [5.41, 5.74) is 0. The lowest BCUT2D eigenvalue weighted by Crippen LogP contribution is -2.37. The molecule has 0 aromatic carbocycles. The van der Waals surface area contributed by atoms with Crippen LogP contribution in [0.25, 0.3) is 0 Å². The highest BCUT2D eigenvalue weighted by Gasteiger charge is 2.14. The van der Waals surface area contributed by atoms with E-state index in [1.54, 1.807) is 11.8 Å². The van der Waals surface area contributed by atoms with Crippen LogP contribution in [0.5, 0.6) is 0 Å². The number of hydrogen-bond donors (Lipinski definition) is 0. The van der Waals surface area contributed by atoms with Crippen molar-refractivity contribution >= 4 is 6.09 Å². The Balaban J connectivity index is 2.31. The van der Waals surface area contributed by atoms with Gasteiger partial charge in [-0.15, -0.1) is 0 Å². The molecule has 0 saturated carbocycles. The number of carbonyl (C=O) groups excluding carboxylic acids is 1. The van der Waals surface area contributed by atoms with E-state index in [-0.39, 0.29) is 6.09 Å². The second kappa shape index (κ2) is 14.6. The fraction of sp³-hybridized carbons (Fsp3) is 0.933. The van der Waals surface area contributed by atoms with Crippen LogP contribution in [0.3, 0.4) is 0 Å². The van der Waals surface area contributed by atoms with Crippen LogP contribution in [0, 0.1) is 0 Å². The maximum atomic E-state index is 11.9. The Bertz CT molecular complexity index is 273. The van der Waals surface area contributed by atoms with E-state index in [1.807, 2.05) is 0 Å². The van der Waals surface area contributed by atoms with Crippen LogP contribution in [-0.4, -0.2) is 96.8 Å². The fourth-order valence-corrected chi connectivity index (χ4v) is 1.84. The second-order valence-electron chi connectivity index (χ2n) is 4.75. The minimum absolute atomic E-state index is 0.348. The molecule has 23 heavy (non-hydrogen) atoms. The van der Waals surface area contributed by atoms with Crippen molar-refractivity contribution in [2.75, 3.05) is 85.8 Å². The molecule has 0 aliphatic carbocycles. The first kappa shape index (κ1) is 20.1. The first-order valence-electron chi connectivity index (χ1n) is 8.15. The van der Waals surface area contributed by atoms with Crippen LogP contribution in [0.15, 0.2) is 0 Å². The van der Waals surface area contributed by atoms with Crippen LogP contribution in [0.2, 0.25) is 0 Å². The van der Waals surface area contributed by atoms with Gasteiger partial charge in [0.1, 0.15) is 0 Å². The molecule has 0 bridgehead atoms. The molecule has 136 valence electrons. The van der Waals surface area contributed by atoms with Gasteiger partial charge in [-0.1, -0.05) is 0 Å². The van der Waals surface area contributed by atoms with E-state index in [4.69, 9.17) is 28.4 Å². The van der Waals surface area contributed by atoms with Crippen molar-refractivity contribution < 1.29 is 33.2 Å². The molecule has 0 N–H and O–H groups in total. The van der Waals surface area contributed by atoms with Crippen LogP contribution < -0.4 is 0 Å². The largest absolute Gasteiger partial charge is 0.450 e. The zero-order valence-corrected chi connectivity index (χ0v) is 14.0. The number of nitrogens with zero attached hydrogens (tertiary/aromatic N) is 1. The normalized spacial score (nSPS) is 21.2. The molecule has 1 aliphatic heterocycles. The van der Waals surface area contributed by atoms with Crippen molar-refractivity contribution in [1.29, 1.82) is 0 Å². The van der Waals surface area contributed by atoms with Gasteiger partial charge in [0.2, 0.25) is 0 Å². The van der Waals surface area contributed by atoms with Gasteiger partial charge in [0.25, 0.3) is 0 Å². The molecule has 1 fully saturated rings. The Morgan fingerprint density at radius 3 is 1.43 bits per heavy atom. The van der Waals surface area contributed by atoms with Gasteiger partial charge in [-0.05, 0) is 6.92 Å². The van der Waals surface area contributed by atoms with Gasteiger partial charge in [0.15, 0.2) is 0 Å². The average molecular weight is 335 g/mol. The molecular weight excluding hydrogens is 306 g/mol. The van der Waals surface area contributed by atoms with Crippen LogP contribution >= 0.6 is 0 Å². The van der Waals surface area contributed by atoms with Gasteiger partial charge < -0.3 is 33.3 Å². The maximum absolute atomic E-state index is 11.9. The predicted octanol–water partition coefficient (Wildman–Crippen LogP) is 0.542. The summed E-state index contributed by atoms with van der Waals surface area (Å²) in [4.78, 5) is 13.4. The van der Waals surface area contributed by atoms with Gasteiger partial charge in [-0.2, -0.15) is 0 Å². The summed E-state index contributed by atoms with van der Waals surface area (Å²) in [6.45, 7) is 8.02. The second-order valence-corrected chi connectivity index (χ2v) is 4.75. The molecule has 0 aromatic heterocycles. The van der Waals surface area contributed by atoms with E-state index in [0.29, 0.717) is 85.8 Å². The number of ether oxygens (including phenoxy) is 6. The predicted molar refractivity (Wildman–Crippen MR) is 82.7 cm³/mol. The maximum Gasteiger partial charge on any atom is 0.409 e. The van der Waals surface area contributed by atoms with Gasteiger partial charge in [0.05, 0.1) is 72.7 Å². The Hall–Kier alpha value is -0.930. The summed E-state index contributed by atoms with van der Waals surface area (Å²) < 4.78 is 32.1. The summed E-state index contributed by atoms with van der Waals surface area (Å²) in [5.74, 6) is 0. The van der Waals surface area contributed by atoms with Crippen molar-refractivity contribution in [3.8, 4) is 0 Å². The number of rotatable bonds is 1.